The van der Waals surface area contributed by atoms with Crippen LogP contribution in [-0.2, 0) is 11.3 Å². The first kappa shape index (κ1) is 19.3. The Balaban J connectivity index is 1.56. The first-order valence-corrected chi connectivity index (χ1v) is 9.09. The molecule has 0 saturated carbocycles. The zero-order valence-electron chi connectivity index (χ0n) is 16.1. The van der Waals surface area contributed by atoms with E-state index in [1.165, 1.54) is 0 Å². The van der Waals surface area contributed by atoms with Gasteiger partial charge < -0.3 is 20.1 Å². The van der Waals surface area contributed by atoms with Gasteiger partial charge in [0.25, 0.3) is 5.91 Å². The van der Waals surface area contributed by atoms with E-state index in [-0.39, 0.29) is 12.5 Å². The molecule has 3 rings (SSSR count). The van der Waals surface area contributed by atoms with Gasteiger partial charge in [0.2, 0.25) is 0 Å². The first-order chi connectivity index (χ1) is 13.6. The third kappa shape index (κ3) is 5.51. The molecule has 0 bridgehead atoms. The maximum Gasteiger partial charge on any atom is 0.262 e. The summed E-state index contributed by atoms with van der Waals surface area (Å²) in [6, 6.07) is 23.3. The molecule has 28 heavy (non-hydrogen) atoms. The van der Waals surface area contributed by atoms with Crippen LogP contribution in [0.25, 0.3) is 0 Å². The standard InChI is InChI=1S/C23H24N2O3/c1-17-7-6-10-20(13-17)25-23(26)16-28-21-12-11-18(14-22(21)27-2)15-24-19-8-4-3-5-9-19/h3-14,24H,15-16H2,1-2H3,(H,25,26). The number of aryl methyl sites for hydroxylation is 1. The molecule has 0 unspecified atom stereocenters. The van der Waals surface area contributed by atoms with Gasteiger partial charge in [0.1, 0.15) is 0 Å². The van der Waals surface area contributed by atoms with Gasteiger partial charge in [-0.1, -0.05) is 36.4 Å². The van der Waals surface area contributed by atoms with Crippen LogP contribution in [0.3, 0.4) is 0 Å². The van der Waals surface area contributed by atoms with Crippen molar-refractivity contribution in [3.05, 3.63) is 83.9 Å². The molecule has 3 aromatic rings. The smallest absolute Gasteiger partial charge is 0.262 e. The minimum Gasteiger partial charge on any atom is -0.493 e. The van der Waals surface area contributed by atoms with Crippen LogP contribution in [0, 0.1) is 6.92 Å². The van der Waals surface area contributed by atoms with Crippen LogP contribution in [0.2, 0.25) is 0 Å². The summed E-state index contributed by atoms with van der Waals surface area (Å²) in [7, 11) is 1.59. The highest BCUT2D eigenvalue weighted by molar-refractivity contribution is 5.91. The SMILES string of the molecule is COc1cc(CNc2ccccc2)ccc1OCC(=O)Nc1cccc(C)c1. The van der Waals surface area contributed by atoms with E-state index in [1.54, 1.807) is 7.11 Å². The number of benzene rings is 3. The maximum absolute atomic E-state index is 12.1. The number of rotatable bonds is 8. The monoisotopic (exact) mass is 376 g/mol. The van der Waals surface area contributed by atoms with E-state index in [9.17, 15) is 4.79 Å². The number of carbonyl (C=O) groups excluding carboxylic acids is 1. The Morgan fingerprint density at radius 3 is 2.43 bits per heavy atom. The van der Waals surface area contributed by atoms with E-state index in [1.807, 2.05) is 79.7 Å². The van der Waals surface area contributed by atoms with E-state index >= 15 is 0 Å². The summed E-state index contributed by atoms with van der Waals surface area (Å²) in [5.74, 6) is 0.906. The normalized spacial score (nSPS) is 10.2. The van der Waals surface area contributed by atoms with Crippen molar-refractivity contribution >= 4 is 17.3 Å². The predicted molar refractivity (Wildman–Crippen MR) is 112 cm³/mol. The summed E-state index contributed by atoms with van der Waals surface area (Å²) in [4.78, 5) is 12.1. The first-order valence-electron chi connectivity index (χ1n) is 9.09. The minimum atomic E-state index is -0.220. The number of amides is 1. The maximum atomic E-state index is 12.1. The molecule has 0 aromatic heterocycles. The Bertz CT molecular complexity index is 926. The summed E-state index contributed by atoms with van der Waals surface area (Å²) in [6.45, 7) is 2.55. The fourth-order valence-corrected chi connectivity index (χ4v) is 2.76. The molecule has 5 heteroatoms. The highest BCUT2D eigenvalue weighted by Crippen LogP contribution is 2.28. The number of methoxy groups -OCH3 is 1. The molecular formula is C23H24N2O3. The van der Waals surface area contributed by atoms with E-state index in [2.05, 4.69) is 10.6 Å². The zero-order chi connectivity index (χ0) is 19.8. The molecule has 0 fully saturated rings. The Labute approximate surface area is 165 Å². The number of nitrogens with one attached hydrogen (secondary N) is 2. The van der Waals surface area contributed by atoms with Gasteiger partial charge in [-0.2, -0.15) is 0 Å². The van der Waals surface area contributed by atoms with Crippen molar-refractivity contribution < 1.29 is 14.3 Å². The second-order valence-electron chi connectivity index (χ2n) is 6.41. The number of hydrogen-bond acceptors (Lipinski definition) is 4. The molecule has 0 radical (unpaired) electrons. The van der Waals surface area contributed by atoms with Crippen LogP contribution >= 0.6 is 0 Å². The second kappa shape index (κ2) is 9.46. The van der Waals surface area contributed by atoms with Crippen molar-refractivity contribution in [1.29, 1.82) is 0 Å². The van der Waals surface area contributed by atoms with Crippen LogP contribution in [0.5, 0.6) is 11.5 Å². The van der Waals surface area contributed by atoms with Gasteiger partial charge in [-0.3, -0.25) is 4.79 Å². The molecule has 0 saturated heterocycles. The van der Waals surface area contributed by atoms with Gasteiger partial charge in [0.15, 0.2) is 18.1 Å². The molecule has 5 nitrogen and oxygen atoms in total. The van der Waals surface area contributed by atoms with E-state index < -0.39 is 0 Å². The molecule has 0 aliphatic heterocycles. The number of anilines is 2. The molecule has 0 aliphatic rings. The lowest BCUT2D eigenvalue weighted by atomic mass is 10.2. The number of para-hydroxylation sites is 1. The van der Waals surface area contributed by atoms with Gasteiger partial charge >= 0.3 is 0 Å². The summed E-state index contributed by atoms with van der Waals surface area (Å²) < 4.78 is 11.1. The summed E-state index contributed by atoms with van der Waals surface area (Å²) in [5.41, 5.74) is 3.94. The Hall–Kier alpha value is -3.47. The zero-order valence-corrected chi connectivity index (χ0v) is 16.1. The average Bonchev–Trinajstić information content (AvgIpc) is 2.71. The lowest BCUT2D eigenvalue weighted by molar-refractivity contribution is -0.118. The lowest BCUT2D eigenvalue weighted by Crippen LogP contribution is -2.20. The Morgan fingerprint density at radius 2 is 1.68 bits per heavy atom. The van der Waals surface area contributed by atoms with E-state index in [4.69, 9.17) is 9.47 Å². The number of hydrogen-bond donors (Lipinski definition) is 2. The Morgan fingerprint density at radius 1 is 0.893 bits per heavy atom. The average molecular weight is 376 g/mol. The number of ether oxygens (including phenoxy) is 2. The molecule has 1 amide bonds. The molecule has 0 atom stereocenters. The fourth-order valence-electron chi connectivity index (χ4n) is 2.76. The van der Waals surface area contributed by atoms with Crippen molar-refractivity contribution in [2.24, 2.45) is 0 Å². The van der Waals surface area contributed by atoms with Crippen molar-refractivity contribution in [2.45, 2.75) is 13.5 Å². The highest BCUT2D eigenvalue weighted by Gasteiger charge is 2.09. The quantitative estimate of drug-likeness (QED) is 0.602. The molecule has 3 aromatic carbocycles. The van der Waals surface area contributed by atoms with Crippen LogP contribution in [0.4, 0.5) is 11.4 Å². The van der Waals surface area contributed by atoms with Crippen molar-refractivity contribution in [2.75, 3.05) is 24.4 Å². The summed E-state index contributed by atoms with van der Waals surface area (Å²) in [6.07, 6.45) is 0. The largest absolute Gasteiger partial charge is 0.493 e. The third-order valence-corrected chi connectivity index (χ3v) is 4.16. The molecule has 144 valence electrons. The molecule has 0 aliphatic carbocycles. The molecule has 0 heterocycles. The minimum absolute atomic E-state index is 0.0914. The molecular weight excluding hydrogens is 352 g/mol. The van der Waals surface area contributed by atoms with Crippen LogP contribution in [-0.4, -0.2) is 19.6 Å². The van der Waals surface area contributed by atoms with Crippen LogP contribution in [0.15, 0.2) is 72.8 Å². The predicted octanol–water partition coefficient (Wildman–Crippen LogP) is 4.63. The lowest BCUT2D eigenvalue weighted by Gasteiger charge is -2.13. The van der Waals surface area contributed by atoms with E-state index in [0.29, 0.717) is 18.0 Å². The van der Waals surface area contributed by atoms with Gasteiger partial charge in [-0.15, -0.1) is 0 Å². The van der Waals surface area contributed by atoms with Gasteiger partial charge in [0.05, 0.1) is 7.11 Å². The van der Waals surface area contributed by atoms with Crippen molar-refractivity contribution in [3.63, 3.8) is 0 Å². The fraction of sp³-hybridized carbons (Fsp3) is 0.174. The van der Waals surface area contributed by atoms with Gasteiger partial charge in [-0.05, 0) is 54.4 Å². The topological polar surface area (TPSA) is 59.6 Å². The van der Waals surface area contributed by atoms with E-state index in [0.717, 1.165) is 22.5 Å². The van der Waals surface area contributed by atoms with Crippen LogP contribution in [0.1, 0.15) is 11.1 Å². The second-order valence-corrected chi connectivity index (χ2v) is 6.41. The highest BCUT2D eigenvalue weighted by atomic mass is 16.5. The molecule has 2 N–H and O–H groups in total. The van der Waals surface area contributed by atoms with Crippen molar-refractivity contribution in [1.82, 2.24) is 0 Å². The van der Waals surface area contributed by atoms with Gasteiger partial charge in [0, 0.05) is 17.9 Å². The summed E-state index contributed by atoms with van der Waals surface area (Å²) in [5, 5.41) is 6.18. The Kier molecular flexibility index (Phi) is 6.52. The summed E-state index contributed by atoms with van der Waals surface area (Å²) >= 11 is 0. The third-order valence-electron chi connectivity index (χ3n) is 4.16. The van der Waals surface area contributed by atoms with Gasteiger partial charge in [-0.25, -0.2) is 0 Å². The molecule has 0 spiro atoms. The van der Waals surface area contributed by atoms with Crippen LogP contribution < -0.4 is 20.1 Å². The number of carbonyl (C=O) groups is 1. The van der Waals surface area contributed by atoms with Crippen molar-refractivity contribution in [3.8, 4) is 11.5 Å².